The molecule has 39 heavy (non-hydrogen) atoms. The fraction of sp³-hybridized carbons (Fsp3) is 0.200. The van der Waals surface area contributed by atoms with Crippen LogP contribution in [0.1, 0.15) is 47.1 Å². The topological polar surface area (TPSA) is 96.0 Å². The molecular formula is C30H28ClN3O5. The molecule has 0 radical (unpaired) electrons. The second-order valence-corrected chi connectivity index (χ2v) is 9.61. The summed E-state index contributed by atoms with van der Waals surface area (Å²) in [6, 6.07) is 20.3. The van der Waals surface area contributed by atoms with E-state index in [-0.39, 0.29) is 34.0 Å². The van der Waals surface area contributed by atoms with E-state index in [9.17, 15) is 19.2 Å². The molecule has 0 spiro atoms. The van der Waals surface area contributed by atoms with Gasteiger partial charge in [0, 0.05) is 23.5 Å². The average Bonchev–Trinajstić information content (AvgIpc) is 3.12. The van der Waals surface area contributed by atoms with Gasteiger partial charge in [-0.3, -0.25) is 14.4 Å². The Morgan fingerprint density at radius 3 is 2.33 bits per heavy atom. The van der Waals surface area contributed by atoms with Crippen LogP contribution in [0.5, 0.6) is 0 Å². The van der Waals surface area contributed by atoms with Crippen molar-refractivity contribution in [2.75, 3.05) is 21.7 Å². The Kier molecular flexibility index (Phi) is 8.16. The number of halogens is 1. The Morgan fingerprint density at radius 1 is 0.949 bits per heavy atom. The zero-order valence-electron chi connectivity index (χ0n) is 22.0. The summed E-state index contributed by atoms with van der Waals surface area (Å²) in [5.41, 5.74) is 2.85. The van der Waals surface area contributed by atoms with Gasteiger partial charge in [0.05, 0.1) is 17.4 Å². The summed E-state index contributed by atoms with van der Waals surface area (Å²) in [5.74, 6) is -2.21. The molecular weight excluding hydrogens is 518 g/mol. The van der Waals surface area contributed by atoms with Gasteiger partial charge < -0.3 is 15.0 Å². The molecule has 0 saturated heterocycles. The smallest absolute Gasteiger partial charge is 0.338 e. The third-order valence-corrected chi connectivity index (χ3v) is 6.31. The number of hydrogen-bond donors (Lipinski definition) is 1. The highest BCUT2D eigenvalue weighted by Gasteiger charge is 2.39. The Labute approximate surface area is 231 Å². The molecule has 4 rings (SSSR count). The van der Waals surface area contributed by atoms with Gasteiger partial charge >= 0.3 is 5.97 Å². The molecule has 0 atom stereocenters. The number of anilines is 3. The fourth-order valence-electron chi connectivity index (χ4n) is 4.17. The van der Waals surface area contributed by atoms with Crippen LogP contribution in [0, 0.1) is 6.92 Å². The number of ether oxygens (including phenoxy) is 1. The molecule has 3 amide bonds. The molecule has 3 aromatic rings. The number of nitrogens with zero attached hydrogens (tertiary/aromatic N) is 2. The van der Waals surface area contributed by atoms with Crippen molar-refractivity contribution in [1.82, 2.24) is 0 Å². The fourth-order valence-corrected chi connectivity index (χ4v) is 4.38. The van der Waals surface area contributed by atoms with Crippen molar-refractivity contribution < 1.29 is 23.9 Å². The lowest BCUT2D eigenvalue weighted by Crippen LogP contribution is -2.32. The maximum Gasteiger partial charge on any atom is 0.338 e. The first-order chi connectivity index (χ1) is 18.6. The van der Waals surface area contributed by atoms with Crippen LogP contribution in [0.3, 0.4) is 0 Å². The molecule has 8 nitrogen and oxygen atoms in total. The molecule has 0 bridgehead atoms. The van der Waals surface area contributed by atoms with Crippen molar-refractivity contribution in [1.29, 1.82) is 0 Å². The van der Waals surface area contributed by atoms with Crippen molar-refractivity contribution in [3.63, 3.8) is 0 Å². The van der Waals surface area contributed by atoms with Crippen LogP contribution in [0.25, 0.3) is 0 Å². The number of imide groups is 1. The highest BCUT2D eigenvalue weighted by atomic mass is 35.5. The first kappa shape index (κ1) is 27.6. The molecule has 0 aromatic heterocycles. The number of hydrogen-bond acceptors (Lipinski definition) is 6. The molecule has 0 aliphatic carbocycles. The van der Waals surface area contributed by atoms with Crippen LogP contribution in [0.2, 0.25) is 0 Å². The number of esters is 1. The molecule has 0 saturated carbocycles. The third kappa shape index (κ3) is 5.86. The van der Waals surface area contributed by atoms with E-state index in [4.69, 9.17) is 16.3 Å². The van der Waals surface area contributed by atoms with E-state index in [1.165, 1.54) is 18.2 Å². The summed E-state index contributed by atoms with van der Waals surface area (Å²) in [4.78, 5) is 54.5. The normalized spacial score (nSPS) is 13.2. The zero-order chi connectivity index (χ0) is 28.3. The second-order valence-electron chi connectivity index (χ2n) is 9.23. The molecule has 1 heterocycles. The summed E-state index contributed by atoms with van der Waals surface area (Å²) in [6.45, 7) is 7.76. The monoisotopic (exact) mass is 545 g/mol. The minimum atomic E-state index is -0.734. The number of carbonyl (C=O) groups excluding carboxylic acids is 4. The summed E-state index contributed by atoms with van der Waals surface area (Å²) >= 11 is 6.30. The van der Waals surface area contributed by atoms with Crippen LogP contribution in [0.4, 0.5) is 17.1 Å². The maximum absolute atomic E-state index is 13.3. The Hall–Kier alpha value is -4.43. The molecule has 0 unspecified atom stereocenters. The number of aryl methyl sites for hydroxylation is 1. The van der Waals surface area contributed by atoms with Crippen molar-refractivity contribution >= 4 is 52.4 Å². The Bertz CT molecular complexity index is 1500. The number of carbonyl (C=O) groups is 4. The SMILES string of the molecule is CCN(C(=O)c1cccc(NC2=C(Cl)C(=O)N(c3cccc(C(=O)OC(C)C)c3)C2=O)c1)c1cccc(C)c1. The van der Waals surface area contributed by atoms with Gasteiger partial charge in [0.15, 0.2) is 0 Å². The predicted octanol–water partition coefficient (Wildman–Crippen LogP) is 5.66. The van der Waals surface area contributed by atoms with Crippen LogP contribution in [-0.4, -0.2) is 36.3 Å². The predicted molar refractivity (Wildman–Crippen MR) is 151 cm³/mol. The molecule has 0 fully saturated rings. The van der Waals surface area contributed by atoms with Gasteiger partial charge in [-0.05, 0) is 81.8 Å². The Morgan fingerprint density at radius 2 is 1.64 bits per heavy atom. The van der Waals surface area contributed by atoms with Gasteiger partial charge in [-0.25, -0.2) is 9.69 Å². The van der Waals surface area contributed by atoms with Crippen molar-refractivity contribution in [3.05, 3.63) is 100 Å². The number of benzene rings is 3. The lowest BCUT2D eigenvalue weighted by molar-refractivity contribution is -0.120. The first-order valence-corrected chi connectivity index (χ1v) is 12.8. The minimum Gasteiger partial charge on any atom is -0.459 e. The van der Waals surface area contributed by atoms with E-state index >= 15 is 0 Å². The summed E-state index contributed by atoms with van der Waals surface area (Å²) < 4.78 is 5.21. The van der Waals surface area contributed by atoms with E-state index in [2.05, 4.69) is 5.32 Å². The van der Waals surface area contributed by atoms with E-state index in [0.717, 1.165) is 16.2 Å². The molecule has 1 N–H and O–H groups in total. The van der Waals surface area contributed by atoms with E-state index < -0.39 is 17.8 Å². The zero-order valence-corrected chi connectivity index (χ0v) is 22.8. The summed E-state index contributed by atoms with van der Waals surface area (Å²) in [6.07, 6.45) is -0.327. The number of nitrogens with one attached hydrogen (secondary N) is 1. The van der Waals surface area contributed by atoms with Gasteiger partial charge in [-0.15, -0.1) is 0 Å². The number of rotatable bonds is 8. The van der Waals surface area contributed by atoms with E-state index in [1.54, 1.807) is 49.1 Å². The highest BCUT2D eigenvalue weighted by molar-refractivity contribution is 6.53. The van der Waals surface area contributed by atoms with Gasteiger partial charge in [0.1, 0.15) is 10.7 Å². The summed E-state index contributed by atoms with van der Waals surface area (Å²) in [7, 11) is 0. The maximum atomic E-state index is 13.3. The van der Waals surface area contributed by atoms with Crippen molar-refractivity contribution in [3.8, 4) is 0 Å². The van der Waals surface area contributed by atoms with Crippen LogP contribution >= 0.6 is 11.6 Å². The lowest BCUT2D eigenvalue weighted by atomic mass is 10.1. The minimum absolute atomic E-state index is 0.132. The van der Waals surface area contributed by atoms with Crippen molar-refractivity contribution in [2.24, 2.45) is 0 Å². The van der Waals surface area contributed by atoms with Gasteiger partial charge in [-0.2, -0.15) is 0 Å². The summed E-state index contributed by atoms with van der Waals surface area (Å²) in [5, 5.41) is 2.60. The van der Waals surface area contributed by atoms with Crippen LogP contribution in [0.15, 0.2) is 83.5 Å². The molecule has 200 valence electrons. The third-order valence-electron chi connectivity index (χ3n) is 5.96. The van der Waals surface area contributed by atoms with Crippen LogP contribution in [-0.2, 0) is 14.3 Å². The average molecular weight is 546 g/mol. The second kappa shape index (κ2) is 11.5. The van der Waals surface area contributed by atoms with E-state index in [0.29, 0.717) is 17.8 Å². The van der Waals surface area contributed by atoms with E-state index in [1.807, 2.05) is 38.1 Å². The van der Waals surface area contributed by atoms with Gasteiger partial charge in [-0.1, -0.05) is 35.9 Å². The molecule has 9 heteroatoms. The quantitative estimate of drug-likeness (QED) is 0.290. The highest BCUT2D eigenvalue weighted by Crippen LogP contribution is 2.31. The lowest BCUT2D eigenvalue weighted by Gasteiger charge is -2.22. The first-order valence-electron chi connectivity index (χ1n) is 12.5. The van der Waals surface area contributed by atoms with Gasteiger partial charge in [0.25, 0.3) is 17.7 Å². The van der Waals surface area contributed by atoms with Gasteiger partial charge in [0.2, 0.25) is 0 Å². The molecule has 1 aliphatic rings. The molecule has 1 aliphatic heterocycles. The standard InChI is InChI=1S/C30H28ClN3O5/c1-5-33(23-13-6-9-19(4)15-23)27(35)20-10-7-12-22(16-20)32-26-25(31)28(36)34(29(26)37)24-14-8-11-21(17-24)30(38)39-18(2)3/h6-18,32H,5H2,1-4H3. The Balaban J connectivity index is 1.57. The van der Waals surface area contributed by atoms with Crippen LogP contribution < -0.4 is 15.1 Å². The number of amides is 3. The largest absolute Gasteiger partial charge is 0.459 e. The molecule has 3 aromatic carbocycles. The van der Waals surface area contributed by atoms with Crippen molar-refractivity contribution in [2.45, 2.75) is 33.8 Å².